The predicted molar refractivity (Wildman–Crippen MR) is 105 cm³/mol. The van der Waals surface area contributed by atoms with Crippen molar-refractivity contribution in [1.82, 2.24) is 9.97 Å². The molecule has 5 rings (SSSR count). The molecule has 26 heavy (non-hydrogen) atoms. The van der Waals surface area contributed by atoms with E-state index in [2.05, 4.69) is 64.8 Å². The van der Waals surface area contributed by atoms with Gasteiger partial charge in [-0.05, 0) is 30.4 Å². The predicted octanol–water partition coefficient (Wildman–Crippen LogP) is 4.28. The van der Waals surface area contributed by atoms with Gasteiger partial charge >= 0.3 is 0 Å². The van der Waals surface area contributed by atoms with Crippen LogP contribution in [-0.2, 0) is 13.0 Å². The van der Waals surface area contributed by atoms with Crippen LogP contribution in [-0.4, -0.2) is 22.6 Å². The highest BCUT2D eigenvalue weighted by molar-refractivity contribution is 5.65. The molecule has 0 radical (unpaired) electrons. The van der Waals surface area contributed by atoms with Gasteiger partial charge in [0.25, 0.3) is 0 Å². The summed E-state index contributed by atoms with van der Waals surface area (Å²) in [5, 5.41) is 3.55. The molecule has 1 fully saturated rings. The first-order valence-electron chi connectivity index (χ1n) is 9.38. The van der Waals surface area contributed by atoms with Gasteiger partial charge in [0.05, 0.1) is 5.69 Å². The molecule has 2 aliphatic rings. The summed E-state index contributed by atoms with van der Waals surface area (Å²) in [6, 6.07) is 21.7. The maximum atomic E-state index is 4.90. The smallest absolute Gasteiger partial charge is 0.228 e. The first kappa shape index (κ1) is 15.4. The summed E-state index contributed by atoms with van der Waals surface area (Å²) in [6.45, 7) is 1.83. The summed E-state index contributed by atoms with van der Waals surface area (Å²) in [4.78, 5) is 12.0. The number of hydrogen-bond acceptors (Lipinski definition) is 4. The molecule has 0 atom stereocenters. The Kier molecular flexibility index (Phi) is 3.81. The van der Waals surface area contributed by atoms with Crippen molar-refractivity contribution >= 4 is 11.8 Å². The highest BCUT2D eigenvalue weighted by Gasteiger charge is 2.24. The van der Waals surface area contributed by atoms with Gasteiger partial charge in [-0.2, -0.15) is 4.98 Å². The molecule has 130 valence electrons. The Morgan fingerprint density at radius 3 is 2.46 bits per heavy atom. The van der Waals surface area contributed by atoms with Crippen molar-refractivity contribution in [2.45, 2.75) is 31.8 Å². The fraction of sp³-hybridized carbons (Fsp3) is 0.273. The Morgan fingerprint density at radius 1 is 0.885 bits per heavy atom. The third-order valence-electron chi connectivity index (χ3n) is 5.13. The molecule has 2 aromatic carbocycles. The Balaban J connectivity index is 1.51. The topological polar surface area (TPSA) is 41.1 Å². The normalized spacial score (nSPS) is 16.2. The molecule has 0 amide bonds. The average molecular weight is 342 g/mol. The quantitative estimate of drug-likeness (QED) is 0.768. The van der Waals surface area contributed by atoms with E-state index in [-0.39, 0.29) is 0 Å². The van der Waals surface area contributed by atoms with Crippen molar-refractivity contribution in [3.8, 4) is 11.3 Å². The molecule has 1 saturated carbocycles. The van der Waals surface area contributed by atoms with E-state index < -0.39 is 0 Å². The fourth-order valence-corrected chi connectivity index (χ4v) is 3.51. The van der Waals surface area contributed by atoms with E-state index >= 15 is 0 Å². The van der Waals surface area contributed by atoms with Crippen molar-refractivity contribution in [2.75, 3.05) is 16.8 Å². The van der Waals surface area contributed by atoms with Gasteiger partial charge in [-0.15, -0.1) is 0 Å². The molecule has 1 aromatic heterocycles. The lowest BCUT2D eigenvalue weighted by atomic mass is 10.0. The third-order valence-corrected chi connectivity index (χ3v) is 5.13. The van der Waals surface area contributed by atoms with Crippen LogP contribution in [0.1, 0.15) is 24.0 Å². The Bertz CT molecular complexity index is 918. The standard InChI is InChI=1S/C22H22N4/c1-2-7-17(8-3-1)20-14-21(23-19-10-11-19)25-22(24-20)26-13-12-16-6-4-5-9-18(16)15-26/h1-9,14,19H,10-13,15H2,(H,23,24,25). The number of rotatable bonds is 4. The summed E-state index contributed by atoms with van der Waals surface area (Å²) in [5.74, 6) is 1.76. The molecule has 1 aliphatic carbocycles. The molecule has 1 N–H and O–H groups in total. The van der Waals surface area contributed by atoms with Crippen molar-refractivity contribution in [3.05, 3.63) is 71.8 Å². The van der Waals surface area contributed by atoms with Gasteiger partial charge in [0.15, 0.2) is 0 Å². The number of nitrogens with one attached hydrogen (secondary N) is 1. The summed E-state index contributed by atoms with van der Waals surface area (Å²) in [5.41, 5.74) is 4.94. The minimum Gasteiger partial charge on any atom is -0.367 e. The van der Waals surface area contributed by atoms with Crippen molar-refractivity contribution < 1.29 is 0 Å². The zero-order valence-electron chi connectivity index (χ0n) is 14.7. The minimum absolute atomic E-state index is 0.573. The summed E-state index contributed by atoms with van der Waals surface area (Å²) < 4.78 is 0. The first-order chi connectivity index (χ1) is 12.8. The maximum absolute atomic E-state index is 4.90. The van der Waals surface area contributed by atoms with Crippen LogP contribution in [0.4, 0.5) is 11.8 Å². The summed E-state index contributed by atoms with van der Waals surface area (Å²) in [7, 11) is 0. The number of benzene rings is 2. The van der Waals surface area contributed by atoms with Crippen molar-refractivity contribution in [2.24, 2.45) is 0 Å². The van der Waals surface area contributed by atoms with E-state index in [1.165, 1.54) is 24.0 Å². The van der Waals surface area contributed by atoms with E-state index in [1.54, 1.807) is 0 Å². The van der Waals surface area contributed by atoms with Crippen molar-refractivity contribution in [1.29, 1.82) is 0 Å². The van der Waals surface area contributed by atoms with E-state index in [9.17, 15) is 0 Å². The SMILES string of the molecule is c1ccc(-c2cc(NC3CC3)nc(N3CCc4ccccc4C3)n2)cc1. The maximum Gasteiger partial charge on any atom is 0.228 e. The molecule has 4 heteroatoms. The lowest BCUT2D eigenvalue weighted by molar-refractivity contribution is 0.708. The van der Waals surface area contributed by atoms with Gasteiger partial charge in [0, 0.05) is 30.8 Å². The lowest BCUT2D eigenvalue weighted by Gasteiger charge is -2.29. The molecule has 4 nitrogen and oxygen atoms in total. The first-order valence-corrected chi connectivity index (χ1v) is 9.38. The second-order valence-electron chi connectivity index (χ2n) is 7.16. The van der Waals surface area contributed by atoms with E-state index in [4.69, 9.17) is 9.97 Å². The minimum atomic E-state index is 0.573. The van der Waals surface area contributed by atoms with Gasteiger partial charge in [0.1, 0.15) is 5.82 Å². The van der Waals surface area contributed by atoms with Gasteiger partial charge < -0.3 is 10.2 Å². The van der Waals surface area contributed by atoms with Gasteiger partial charge in [-0.3, -0.25) is 0 Å². The van der Waals surface area contributed by atoms with Crippen LogP contribution in [0.5, 0.6) is 0 Å². The van der Waals surface area contributed by atoms with E-state index in [0.29, 0.717) is 6.04 Å². The van der Waals surface area contributed by atoms with E-state index in [1.807, 2.05) is 6.07 Å². The molecule has 0 spiro atoms. The summed E-state index contributed by atoms with van der Waals surface area (Å²) >= 11 is 0. The number of anilines is 2. The second-order valence-corrected chi connectivity index (χ2v) is 7.16. The fourth-order valence-electron chi connectivity index (χ4n) is 3.51. The zero-order valence-corrected chi connectivity index (χ0v) is 14.7. The molecular formula is C22H22N4. The monoisotopic (exact) mass is 342 g/mol. The van der Waals surface area contributed by atoms with Crippen molar-refractivity contribution in [3.63, 3.8) is 0 Å². The van der Waals surface area contributed by atoms with Crippen LogP contribution in [0.2, 0.25) is 0 Å². The molecular weight excluding hydrogens is 320 g/mol. The van der Waals surface area contributed by atoms with Crippen LogP contribution in [0, 0.1) is 0 Å². The van der Waals surface area contributed by atoms with Crippen LogP contribution < -0.4 is 10.2 Å². The zero-order chi connectivity index (χ0) is 17.3. The molecule has 2 heterocycles. The average Bonchev–Trinajstić information content (AvgIpc) is 3.52. The van der Waals surface area contributed by atoms with Crippen LogP contribution >= 0.6 is 0 Å². The Labute approximate surface area is 153 Å². The van der Waals surface area contributed by atoms with Crippen LogP contribution in [0.15, 0.2) is 60.7 Å². The van der Waals surface area contributed by atoms with Gasteiger partial charge in [-0.1, -0.05) is 54.6 Å². The summed E-state index contributed by atoms with van der Waals surface area (Å²) in [6.07, 6.45) is 3.51. The molecule has 0 saturated heterocycles. The van der Waals surface area contributed by atoms with E-state index in [0.717, 1.165) is 42.5 Å². The Morgan fingerprint density at radius 2 is 1.65 bits per heavy atom. The molecule has 0 unspecified atom stereocenters. The number of hydrogen-bond donors (Lipinski definition) is 1. The molecule has 3 aromatic rings. The highest BCUT2D eigenvalue weighted by Crippen LogP contribution is 2.29. The lowest BCUT2D eigenvalue weighted by Crippen LogP contribution is -2.32. The van der Waals surface area contributed by atoms with Gasteiger partial charge in [-0.25, -0.2) is 4.98 Å². The van der Waals surface area contributed by atoms with Crippen LogP contribution in [0.3, 0.4) is 0 Å². The number of fused-ring (bicyclic) bond motifs is 1. The number of nitrogens with zero attached hydrogens (tertiary/aromatic N) is 3. The Hall–Kier alpha value is -2.88. The number of aromatic nitrogens is 2. The molecule has 1 aliphatic heterocycles. The highest BCUT2D eigenvalue weighted by atomic mass is 15.3. The molecule has 0 bridgehead atoms. The van der Waals surface area contributed by atoms with Crippen LogP contribution in [0.25, 0.3) is 11.3 Å². The third kappa shape index (κ3) is 3.15. The van der Waals surface area contributed by atoms with Gasteiger partial charge in [0.2, 0.25) is 5.95 Å². The largest absolute Gasteiger partial charge is 0.367 e. The second kappa shape index (κ2) is 6.45.